The van der Waals surface area contributed by atoms with E-state index in [1.54, 1.807) is 0 Å². The molecule has 0 amide bonds. The van der Waals surface area contributed by atoms with Crippen molar-refractivity contribution in [1.29, 1.82) is 0 Å². The lowest BCUT2D eigenvalue weighted by atomic mass is 9.39. The van der Waals surface area contributed by atoms with E-state index < -0.39 is 0 Å². The Labute approximate surface area is 225 Å². The minimum absolute atomic E-state index is 0.572. The Kier molecular flexibility index (Phi) is 9.27. The van der Waals surface area contributed by atoms with Crippen molar-refractivity contribution in [3.05, 3.63) is 12.3 Å². The highest BCUT2D eigenvalue weighted by Crippen LogP contribution is 2.71. The normalized spacial score (nSPS) is 42.9. The maximum absolute atomic E-state index is 5.87. The summed E-state index contributed by atoms with van der Waals surface area (Å²) < 4.78 is 0. The van der Waals surface area contributed by atoms with E-state index in [1.807, 2.05) is 0 Å². The summed E-state index contributed by atoms with van der Waals surface area (Å²) in [5.74, 6) is 5.69. The fraction of sp³-hybridized carbons (Fsp3) is 0.941. The third kappa shape index (κ3) is 5.46. The molecule has 3 N–H and O–H groups in total. The fourth-order valence-corrected chi connectivity index (χ4v) is 10.8. The van der Waals surface area contributed by atoms with Gasteiger partial charge in [-0.3, -0.25) is 0 Å². The van der Waals surface area contributed by atoms with Crippen LogP contribution in [0.25, 0.3) is 0 Å². The number of hydrogen-bond donors (Lipinski definition) is 2. The van der Waals surface area contributed by atoms with Crippen LogP contribution in [0.1, 0.15) is 137 Å². The van der Waals surface area contributed by atoms with Gasteiger partial charge in [-0.05, 0) is 148 Å². The summed E-state index contributed by atoms with van der Waals surface area (Å²) in [6.45, 7) is 19.5. The lowest BCUT2D eigenvalue weighted by Gasteiger charge is -2.65. The van der Waals surface area contributed by atoms with Crippen molar-refractivity contribution in [2.24, 2.45) is 57.5 Å². The van der Waals surface area contributed by atoms with Crippen molar-refractivity contribution < 1.29 is 0 Å². The first-order chi connectivity index (χ1) is 17.1. The van der Waals surface area contributed by atoms with Crippen LogP contribution in [0.15, 0.2) is 12.3 Å². The molecule has 208 valence electrons. The molecule has 4 aliphatic rings. The molecule has 0 bridgehead atoms. The first-order valence-corrected chi connectivity index (χ1v) is 16.3. The van der Waals surface area contributed by atoms with Crippen molar-refractivity contribution in [2.75, 3.05) is 13.1 Å². The zero-order chi connectivity index (χ0) is 26.0. The van der Waals surface area contributed by atoms with Gasteiger partial charge in [0, 0.05) is 5.70 Å². The van der Waals surface area contributed by atoms with Crippen LogP contribution in [-0.2, 0) is 0 Å². The molecule has 0 heterocycles. The molecule has 0 aliphatic heterocycles. The second kappa shape index (κ2) is 11.7. The van der Waals surface area contributed by atoms with E-state index in [4.69, 9.17) is 5.73 Å². The van der Waals surface area contributed by atoms with Crippen molar-refractivity contribution in [1.82, 2.24) is 5.32 Å². The molecule has 4 fully saturated rings. The van der Waals surface area contributed by atoms with Gasteiger partial charge in [0.05, 0.1) is 0 Å². The summed E-state index contributed by atoms with van der Waals surface area (Å²) in [6, 6.07) is 0. The molecule has 2 heteroatoms. The first-order valence-electron chi connectivity index (χ1n) is 16.3. The lowest BCUT2D eigenvalue weighted by molar-refractivity contribution is -0.163. The van der Waals surface area contributed by atoms with Gasteiger partial charge in [-0.1, -0.05) is 60.5 Å². The maximum Gasteiger partial charge on any atom is 0.000744 e. The number of nitrogens with two attached hydrogens (primary N) is 1. The standard InChI is InChI=1S/C34H62N2/c1-7-8-9-22-36-23-18-27-15-21-34(6)31-17-20-33(5)29(25(2)11-10-12-26(3)35)13-14-30(33)28(31)16-19-32(34,4)24-27/h25,27-31,36H,3,7-24,35H2,1-2,4-6H3/t25?,27?,28?,29?,30?,31?,32-,33?,34?/m0/s1. The summed E-state index contributed by atoms with van der Waals surface area (Å²) >= 11 is 0. The fourth-order valence-electron chi connectivity index (χ4n) is 10.8. The number of fused-ring (bicyclic) bond motifs is 5. The smallest absolute Gasteiger partial charge is 0.000744 e. The molecule has 8 unspecified atom stereocenters. The van der Waals surface area contributed by atoms with Crippen molar-refractivity contribution in [2.45, 2.75) is 137 Å². The summed E-state index contributed by atoms with van der Waals surface area (Å²) in [7, 11) is 0. The zero-order valence-corrected chi connectivity index (χ0v) is 25.0. The Morgan fingerprint density at radius 1 is 0.944 bits per heavy atom. The quantitative estimate of drug-likeness (QED) is 0.263. The predicted octanol–water partition coefficient (Wildman–Crippen LogP) is 9.10. The molecule has 4 aliphatic carbocycles. The third-order valence-electron chi connectivity index (χ3n) is 13.1. The van der Waals surface area contributed by atoms with Crippen LogP contribution in [0.2, 0.25) is 0 Å². The molecule has 4 rings (SSSR count). The molecule has 0 radical (unpaired) electrons. The molecule has 9 atom stereocenters. The number of nitrogens with one attached hydrogen (secondary N) is 1. The van der Waals surface area contributed by atoms with Gasteiger partial charge in [-0.15, -0.1) is 0 Å². The highest BCUT2D eigenvalue weighted by Gasteiger charge is 2.63. The summed E-state index contributed by atoms with van der Waals surface area (Å²) in [5, 5.41) is 3.76. The zero-order valence-electron chi connectivity index (χ0n) is 25.0. The number of hydrogen-bond acceptors (Lipinski definition) is 2. The van der Waals surface area contributed by atoms with Crippen LogP contribution in [-0.4, -0.2) is 13.1 Å². The van der Waals surface area contributed by atoms with Gasteiger partial charge >= 0.3 is 0 Å². The van der Waals surface area contributed by atoms with E-state index in [0.29, 0.717) is 16.2 Å². The largest absolute Gasteiger partial charge is 0.403 e. The first kappa shape index (κ1) is 28.5. The van der Waals surface area contributed by atoms with Crippen molar-refractivity contribution >= 4 is 0 Å². The van der Waals surface area contributed by atoms with Crippen LogP contribution in [0, 0.1) is 51.8 Å². The Morgan fingerprint density at radius 2 is 1.75 bits per heavy atom. The minimum atomic E-state index is 0.572. The maximum atomic E-state index is 5.87. The van der Waals surface area contributed by atoms with Gasteiger partial charge in [-0.25, -0.2) is 0 Å². The molecule has 0 aromatic heterocycles. The Bertz CT molecular complexity index is 731. The van der Waals surface area contributed by atoms with Crippen LogP contribution in [0.5, 0.6) is 0 Å². The van der Waals surface area contributed by atoms with Crippen molar-refractivity contribution in [3.8, 4) is 0 Å². The Hall–Kier alpha value is -0.500. The lowest BCUT2D eigenvalue weighted by Crippen LogP contribution is -2.57. The number of unbranched alkanes of at least 4 members (excludes halogenated alkanes) is 2. The second-order valence-corrected chi connectivity index (χ2v) is 15.0. The third-order valence-corrected chi connectivity index (χ3v) is 13.1. The van der Waals surface area contributed by atoms with Gasteiger partial charge in [-0.2, -0.15) is 0 Å². The van der Waals surface area contributed by atoms with E-state index in [0.717, 1.165) is 47.6 Å². The number of allylic oxidation sites excluding steroid dienone is 1. The highest BCUT2D eigenvalue weighted by atomic mass is 14.8. The van der Waals surface area contributed by atoms with Crippen LogP contribution < -0.4 is 11.1 Å². The van der Waals surface area contributed by atoms with E-state index in [1.165, 1.54) is 109 Å². The average Bonchev–Trinajstić information content (AvgIpc) is 3.19. The van der Waals surface area contributed by atoms with Crippen LogP contribution >= 0.6 is 0 Å². The van der Waals surface area contributed by atoms with Crippen LogP contribution in [0.3, 0.4) is 0 Å². The molecule has 2 nitrogen and oxygen atoms in total. The van der Waals surface area contributed by atoms with Gasteiger partial charge < -0.3 is 11.1 Å². The monoisotopic (exact) mass is 498 g/mol. The van der Waals surface area contributed by atoms with E-state index in [9.17, 15) is 0 Å². The summed E-state index contributed by atoms with van der Waals surface area (Å²) in [5.41, 5.74) is 8.48. The summed E-state index contributed by atoms with van der Waals surface area (Å²) in [4.78, 5) is 0. The molecule has 0 aromatic carbocycles. The molecule has 0 spiro atoms. The van der Waals surface area contributed by atoms with E-state index in [2.05, 4.69) is 46.5 Å². The highest BCUT2D eigenvalue weighted by molar-refractivity contribution is 5.12. The van der Waals surface area contributed by atoms with Gasteiger partial charge in [0.25, 0.3) is 0 Å². The van der Waals surface area contributed by atoms with E-state index >= 15 is 0 Å². The van der Waals surface area contributed by atoms with Gasteiger partial charge in [0.1, 0.15) is 0 Å². The van der Waals surface area contributed by atoms with E-state index in [-0.39, 0.29) is 0 Å². The molecule has 0 saturated heterocycles. The van der Waals surface area contributed by atoms with Crippen LogP contribution in [0.4, 0.5) is 0 Å². The Balaban J connectivity index is 1.36. The average molecular weight is 499 g/mol. The van der Waals surface area contributed by atoms with Gasteiger partial charge in [0.2, 0.25) is 0 Å². The minimum Gasteiger partial charge on any atom is -0.403 e. The number of rotatable bonds is 12. The molecule has 36 heavy (non-hydrogen) atoms. The molecular formula is C34H62N2. The topological polar surface area (TPSA) is 38.0 Å². The van der Waals surface area contributed by atoms with Crippen molar-refractivity contribution in [3.63, 3.8) is 0 Å². The summed E-state index contributed by atoms with van der Waals surface area (Å²) in [6.07, 6.45) is 22.5. The molecule has 0 aromatic rings. The molecule has 4 saturated carbocycles. The molecular weight excluding hydrogens is 436 g/mol. The Morgan fingerprint density at radius 3 is 2.50 bits per heavy atom. The predicted molar refractivity (Wildman–Crippen MR) is 157 cm³/mol. The second-order valence-electron chi connectivity index (χ2n) is 15.0. The van der Waals surface area contributed by atoms with Gasteiger partial charge in [0.15, 0.2) is 0 Å². The SMILES string of the molecule is C=C(N)CCCC(C)C1CCC2C3CC[C@@]4(C)CC(CCNCCCCC)CCC4(C)C3CCC12C.